The Morgan fingerprint density at radius 1 is 0.977 bits per heavy atom. The fourth-order valence-corrected chi connectivity index (χ4v) is 6.68. The Morgan fingerprint density at radius 2 is 1.72 bits per heavy atom. The van der Waals surface area contributed by atoms with E-state index in [4.69, 9.17) is 15.2 Å². The summed E-state index contributed by atoms with van der Waals surface area (Å²) in [5.41, 5.74) is 7.26. The van der Waals surface area contributed by atoms with Crippen molar-refractivity contribution in [3.63, 3.8) is 0 Å². The molecule has 10 nitrogen and oxygen atoms in total. The summed E-state index contributed by atoms with van der Waals surface area (Å²) in [6.45, 7) is 7.07. The van der Waals surface area contributed by atoms with Gasteiger partial charge in [-0.2, -0.15) is 4.98 Å². The lowest BCUT2D eigenvalue weighted by Crippen LogP contribution is -2.39. The number of hydrogen-bond acceptors (Lipinski definition) is 9. The van der Waals surface area contributed by atoms with Crippen LogP contribution >= 0.6 is 0 Å². The zero-order chi connectivity index (χ0) is 29.9. The SMILES string of the molecule is CC(=O)C1=C(C)c2cnc(Nc3ccc(C4CCN(Cc5ccc(C(=O)NO)cc5)CC4)cn3)nc2N(C2CCCC2)C1. The van der Waals surface area contributed by atoms with Crippen molar-refractivity contribution in [2.75, 3.05) is 29.9 Å². The lowest BCUT2D eigenvalue weighted by molar-refractivity contribution is -0.113. The number of hydrogen-bond donors (Lipinski definition) is 3. The number of nitrogens with zero attached hydrogens (tertiary/aromatic N) is 5. The first kappa shape index (κ1) is 28.9. The number of fused-ring (bicyclic) bond motifs is 1. The summed E-state index contributed by atoms with van der Waals surface area (Å²) in [6.07, 6.45) is 10.6. The highest BCUT2D eigenvalue weighted by molar-refractivity contribution is 6.04. The van der Waals surface area contributed by atoms with Gasteiger partial charge in [0.15, 0.2) is 5.78 Å². The van der Waals surface area contributed by atoms with Gasteiger partial charge in [0.2, 0.25) is 5.95 Å². The molecule has 10 heteroatoms. The van der Waals surface area contributed by atoms with E-state index in [1.165, 1.54) is 18.4 Å². The van der Waals surface area contributed by atoms with Crippen LogP contribution in [0, 0.1) is 0 Å². The minimum atomic E-state index is -0.500. The second-order valence-electron chi connectivity index (χ2n) is 11.9. The topological polar surface area (TPSA) is 124 Å². The molecule has 2 aliphatic heterocycles. The van der Waals surface area contributed by atoms with E-state index in [2.05, 4.69) is 26.2 Å². The average Bonchev–Trinajstić information content (AvgIpc) is 3.57. The van der Waals surface area contributed by atoms with Gasteiger partial charge in [0, 0.05) is 48.2 Å². The molecule has 1 saturated heterocycles. The number of ketones is 1. The van der Waals surface area contributed by atoms with Crippen molar-refractivity contribution >= 4 is 34.8 Å². The number of likely N-dealkylation sites (tertiary alicyclic amines) is 1. The van der Waals surface area contributed by atoms with Crippen LogP contribution in [0.2, 0.25) is 0 Å². The fraction of sp³-hybridized carbons (Fsp3) is 0.424. The Balaban J connectivity index is 1.08. The number of allylic oxidation sites excluding steroid dienone is 1. The van der Waals surface area contributed by atoms with E-state index in [1.807, 2.05) is 37.5 Å². The predicted molar refractivity (Wildman–Crippen MR) is 165 cm³/mol. The van der Waals surface area contributed by atoms with E-state index >= 15 is 0 Å². The van der Waals surface area contributed by atoms with Gasteiger partial charge in [0.25, 0.3) is 5.91 Å². The molecule has 43 heavy (non-hydrogen) atoms. The number of benzene rings is 1. The summed E-state index contributed by atoms with van der Waals surface area (Å²) < 4.78 is 0. The Morgan fingerprint density at radius 3 is 2.37 bits per heavy atom. The molecule has 0 radical (unpaired) electrons. The summed E-state index contributed by atoms with van der Waals surface area (Å²) in [4.78, 5) is 42.9. The summed E-state index contributed by atoms with van der Waals surface area (Å²) in [5, 5.41) is 12.1. The molecular weight excluding hydrogens is 542 g/mol. The summed E-state index contributed by atoms with van der Waals surface area (Å²) >= 11 is 0. The monoisotopic (exact) mass is 581 g/mol. The van der Waals surface area contributed by atoms with Crippen molar-refractivity contribution in [3.05, 3.63) is 76.6 Å². The van der Waals surface area contributed by atoms with Crippen molar-refractivity contribution in [1.82, 2.24) is 25.3 Å². The first-order chi connectivity index (χ1) is 20.9. The fourth-order valence-electron chi connectivity index (χ4n) is 6.68. The maximum Gasteiger partial charge on any atom is 0.274 e. The number of aromatic nitrogens is 3. The minimum Gasteiger partial charge on any atom is -0.348 e. The van der Waals surface area contributed by atoms with E-state index in [-0.39, 0.29) is 5.78 Å². The van der Waals surface area contributed by atoms with Crippen molar-refractivity contribution in [2.24, 2.45) is 0 Å². The highest BCUT2D eigenvalue weighted by Gasteiger charge is 2.32. The standard InChI is InChI=1S/C33H39N7O3/c1-21-28-18-35-33(37-31(28)40(20-29(21)22(2)41)27-5-3-4-6-27)36-30-12-11-26(17-34-30)24-13-15-39(16-14-24)19-23-7-9-25(10-8-23)32(42)38-43/h7-12,17-18,24,27,43H,3-6,13-16,19-20H2,1-2H3,(H,38,42)(H,34,35,36,37). The Hall–Kier alpha value is -4.15. The van der Waals surface area contributed by atoms with E-state index in [0.29, 0.717) is 35.8 Å². The van der Waals surface area contributed by atoms with Gasteiger partial charge in [-0.25, -0.2) is 15.4 Å². The number of piperidine rings is 1. The quantitative estimate of drug-likeness (QED) is 0.242. The van der Waals surface area contributed by atoms with E-state index in [1.54, 1.807) is 24.5 Å². The smallest absolute Gasteiger partial charge is 0.274 e. The number of carbonyl (C=O) groups is 2. The van der Waals surface area contributed by atoms with Gasteiger partial charge >= 0.3 is 0 Å². The van der Waals surface area contributed by atoms with Crippen LogP contribution in [0.1, 0.15) is 85.3 Å². The Bertz CT molecular complexity index is 1510. The van der Waals surface area contributed by atoms with Gasteiger partial charge in [-0.05, 0) is 93.4 Å². The second-order valence-corrected chi connectivity index (χ2v) is 11.9. The molecule has 1 saturated carbocycles. The Labute approximate surface area is 252 Å². The van der Waals surface area contributed by atoms with Gasteiger partial charge < -0.3 is 10.2 Å². The van der Waals surface area contributed by atoms with E-state index in [9.17, 15) is 9.59 Å². The average molecular weight is 582 g/mol. The molecule has 0 spiro atoms. The molecule has 3 N–H and O–H groups in total. The molecule has 2 aromatic heterocycles. The van der Waals surface area contributed by atoms with Crippen LogP contribution in [0.4, 0.5) is 17.6 Å². The van der Waals surface area contributed by atoms with Crippen molar-refractivity contribution in [2.45, 2.75) is 70.9 Å². The highest BCUT2D eigenvalue weighted by Crippen LogP contribution is 2.38. The van der Waals surface area contributed by atoms with Crippen molar-refractivity contribution in [1.29, 1.82) is 0 Å². The third-order valence-corrected chi connectivity index (χ3v) is 9.23. The largest absolute Gasteiger partial charge is 0.348 e. The van der Waals surface area contributed by atoms with Gasteiger partial charge in [-0.3, -0.25) is 19.7 Å². The molecule has 6 rings (SSSR count). The Kier molecular flexibility index (Phi) is 8.49. The van der Waals surface area contributed by atoms with E-state index in [0.717, 1.165) is 73.4 Å². The first-order valence-corrected chi connectivity index (χ1v) is 15.2. The molecule has 1 aliphatic carbocycles. The third-order valence-electron chi connectivity index (χ3n) is 9.23. The number of Topliss-reactive ketones (excluding diaryl/α,β-unsaturated/α-hetero) is 1. The molecule has 1 aromatic carbocycles. The molecule has 3 aromatic rings. The maximum atomic E-state index is 12.4. The zero-order valence-electron chi connectivity index (χ0n) is 24.8. The number of rotatable bonds is 8. The van der Waals surface area contributed by atoms with E-state index < -0.39 is 5.91 Å². The summed E-state index contributed by atoms with van der Waals surface area (Å²) in [7, 11) is 0. The second kappa shape index (κ2) is 12.6. The zero-order valence-corrected chi connectivity index (χ0v) is 24.8. The van der Waals surface area contributed by atoms with Crippen LogP contribution in [-0.2, 0) is 11.3 Å². The van der Waals surface area contributed by atoms with Crippen molar-refractivity contribution in [3.8, 4) is 0 Å². The summed E-state index contributed by atoms with van der Waals surface area (Å²) in [6, 6.07) is 11.9. The first-order valence-electron chi connectivity index (χ1n) is 15.2. The van der Waals surface area contributed by atoms with Crippen LogP contribution in [0.5, 0.6) is 0 Å². The number of nitrogens with one attached hydrogen (secondary N) is 2. The maximum absolute atomic E-state index is 12.4. The lowest BCUT2D eigenvalue weighted by Gasteiger charge is -2.36. The van der Waals surface area contributed by atoms with Crippen LogP contribution in [0.3, 0.4) is 0 Å². The van der Waals surface area contributed by atoms with Crippen LogP contribution < -0.4 is 15.7 Å². The highest BCUT2D eigenvalue weighted by atomic mass is 16.5. The van der Waals surface area contributed by atoms with Gasteiger partial charge in [-0.15, -0.1) is 0 Å². The lowest BCUT2D eigenvalue weighted by atomic mass is 9.90. The molecular formula is C33H39N7O3. The number of anilines is 3. The molecule has 0 atom stereocenters. The van der Waals surface area contributed by atoms with Gasteiger partial charge in [0.1, 0.15) is 11.6 Å². The van der Waals surface area contributed by atoms with Crippen LogP contribution in [0.25, 0.3) is 5.57 Å². The molecule has 0 unspecified atom stereocenters. The van der Waals surface area contributed by atoms with Gasteiger partial charge in [0.05, 0.1) is 0 Å². The number of carbonyl (C=O) groups excluding carboxylic acids is 2. The molecule has 3 aliphatic rings. The molecule has 224 valence electrons. The predicted octanol–water partition coefficient (Wildman–Crippen LogP) is 5.24. The molecule has 2 fully saturated rings. The molecule has 0 bridgehead atoms. The van der Waals surface area contributed by atoms with Gasteiger partial charge in [-0.1, -0.05) is 31.0 Å². The summed E-state index contributed by atoms with van der Waals surface area (Å²) in [5.74, 6) is 2.20. The number of amides is 1. The minimum absolute atomic E-state index is 0.115. The number of pyridine rings is 1. The molecule has 1 amide bonds. The van der Waals surface area contributed by atoms with Crippen LogP contribution in [-0.4, -0.2) is 62.4 Å². The molecule has 4 heterocycles. The van der Waals surface area contributed by atoms with Crippen molar-refractivity contribution < 1.29 is 14.8 Å². The normalized spacial score (nSPS) is 18.1. The third kappa shape index (κ3) is 6.30. The number of hydroxylamine groups is 1. The van der Waals surface area contributed by atoms with Crippen LogP contribution in [0.15, 0.2) is 54.4 Å².